The molecule has 0 saturated carbocycles. The van der Waals surface area contributed by atoms with Crippen LogP contribution in [-0.4, -0.2) is 43.9 Å². The first kappa shape index (κ1) is 19.4. The van der Waals surface area contributed by atoms with Crippen LogP contribution in [0.3, 0.4) is 0 Å². The van der Waals surface area contributed by atoms with Crippen molar-refractivity contribution in [2.75, 3.05) is 11.5 Å². The SMILES string of the molecule is C[C@H](OC(=O)/C=C/c1ccc(F)c(Cl)c1)C(=O)N[C@@H]1CCS(=O)(=O)C1. The van der Waals surface area contributed by atoms with Crippen molar-refractivity contribution in [2.45, 2.75) is 25.5 Å². The number of hydrogen-bond donors (Lipinski definition) is 1. The molecule has 9 heteroatoms. The maximum atomic E-state index is 13.0. The summed E-state index contributed by atoms with van der Waals surface area (Å²) in [7, 11) is -3.11. The fraction of sp³-hybridized carbons (Fsp3) is 0.375. The van der Waals surface area contributed by atoms with Gasteiger partial charge >= 0.3 is 5.97 Å². The highest BCUT2D eigenvalue weighted by Crippen LogP contribution is 2.17. The zero-order valence-electron chi connectivity index (χ0n) is 13.4. The summed E-state index contributed by atoms with van der Waals surface area (Å²) in [5, 5.41) is 2.47. The molecule has 1 heterocycles. The van der Waals surface area contributed by atoms with E-state index in [0.717, 1.165) is 6.08 Å². The van der Waals surface area contributed by atoms with E-state index in [2.05, 4.69) is 5.32 Å². The Morgan fingerprint density at radius 1 is 1.44 bits per heavy atom. The van der Waals surface area contributed by atoms with Gasteiger partial charge in [0.2, 0.25) is 0 Å². The molecule has 136 valence electrons. The van der Waals surface area contributed by atoms with E-state index < -0.39 is 39.7 Å². The molecule has 0 aromatic heterocycles. The second kappa shape index (κ2) is 7.97. The number of amides is 1. The van der Waals surface area contributed by atoms with Crippen molar-refractivity contribution < 1.29 is 27.1 Å². The molecule has 1 N–H and O–H groups in total. The highest BCUT2D eigenvalue weighted by Gasteiger charge is 2.30. The quantitative estimate of drug-likeness (QED) is 0.612. The van der Waals surface area contributed by atoms with Crippen molar-refractivity contribution in [1.82, 2.24) is 5.32 Å². The molecule has 6 nitrogen and oxygen atoms in total. The van der Waals surface area contributed by atoms with Gasteiger partial charge < -0.3 is 10.1 Å². The summed E-state index contributed by atoms with van der Waals surface area (Å²) in [4.78, 5) is 23.7. The maximum Gasteiger partial charge on any atom is 0.331 e. The van der Waals surface area contributed by atoms with Crippen molar-refractivity contribution in [1.29, 1.82) is 0 Å². The Balaban J connectivity index is 1.85. The topological polar surface area (TPSA) is 89.5 Å². The Hall–Kier alpha value is -1.93. The van der Waals surface area contributed by atoms with Crippen LogP contribution in [0.5, 0.6) is 0 Å². The number of esters is 1. The zero-order valence-corrected chi connectivity index (χ0v) is 14.9. The number of rotatable bonds is 5. The first-order valence-corrected chi connectivity index (χ1v) is 9.71. The number of halogens is 2. The number of ether oxygens (including phenoxy) is 1. The fourth-order valence-electron chi connectivity index (χ4n) is 2.27. The van der Waals surface area contributed by atoms with Gasteiger partial charge in [-0.1, -0.05) is 17.7 Å². The number of carbonyl (C=O) groups is 2. The van der Waals surface area contributed by atoms with Crippen molar-refractivity contribution in [3.8, 4) is 0 Å². The summed E-state index contributed by atoms with van der Waals surface area (Å²) in [6, 6.07) is 3.48. The number of carbonyl (C=O) groups excluding carboxylic acids is 2. The molecule has 0 spiro atoms. The number of sulfone groups is 1. The summed E-state index contributed by atoms with van der Waals surface area (Å²) in [5.41, 5.74) is 0.497. The Morgan fingerprint density at radius 3 is 2.76 bits per heavy atom. The van der Waals surface area contributed by atoms with Gasteiger partial charge in [-0.05, 0) is 37.1 Å². The van der Waals surface area contributed by atoms with Crippen LogP contribution >= 0.6 is 11.6 Å². The summed E-state index contributed by atoms with van der Waals surface area (Å²) >= 11 is 5.64. The Bertz CT molecular complexity index is 809. The molecule has 1 aliphatic heterocycles. The van der Waals surface area contributed by atoms with Gasteiger partial charge in [0.05, 0.1) is 16.5 Å². The van der Waals surface area contributed by atoms with E-state index in [0.29, 0.717) is 12.0 Å². The molecule has 1 aromatic carbocycles. The Labute approximate surface area is 149 Å². The van der Waals surface area contributed by atoms with Crippen molar-refractivity contribution >= 4 is 39.4 Å². The van der Waals surface area contributed by atoms with Crippen molar-refractivity contribution in [3.63, 3.8) is 0 Å². The highest BCUT2D eigenvalue weighted by molar-refractivity contribution is 7.91. The van der Waals surface area contributed by atoms with E-state index in [1.54, 1.807) is 0 Å². The normalized spacial score (nSPS) is 20.4. The molecule has 1 aromatic rings. The predicted octanol–water partition coefficient (Wildman–Crippen LogP) is 1.73. The second-order valence-corrected chi connectivity index (χ2v) is 8.33. The molecule has 2 atom stereocenters. The minimum Gasteiger partial charge on any atom is -0.449 e. The van der Waals surface area contributed by atoms with Gasteiger partial charge in [0.1, 0.15) is 5.82 Å². The molecular formula is C16H17ClFNO5S. The van der Waals surface area contributed by atoms with Gasteiger partial charge in [-0.3, -0.25) is 4.79 Å². The van der Waals surface area contributed by atoms with E-state index in [9.17, 15) is 22.4 Å². The molecule has 25 heavy (non-hydrogen) atoms. The lowest BCUT2D eigenvalue weighted by Gasteiger charge is -2.15. The van der Waals surface area contributed by atoms with Gasteiger partial charge in [-0.25, -0.2) is 17.6 Å². The molecule has 1 aliphatic rings. The largest absolute Gasteiger partial charge is 0.449 e. The number of nitrogens with one attached hydrogen (secondary N) is 1. The van der Waals surface area contributed by atoms with E-state index in [-0.39, 0.29) is 16.5 Å². The molecular weight excluding hydrogens is 373 g/mol. The lowest BCUT2D eigenvalue weighted by Crippen LogP contribution is -2.42. The average molecular weight is 390 g/mol. The van der Waals surface area contributed by atoms with Crippen LogP contribution < -0.4 is 5.32 Å². The molecule has 0 unspecified atom stereocenters. The molecule has 0 radical (unpaired) electrons. The summed E-state index contributed by atoms with van der Waals surface area (Å²) < 4.78 is 40.7. The van der Waals surface area contributed by atoms with Crippen molar-refractivity contribution in [2.24, 2.45) is 0 Å². The van der Waals surface area contributed by atoms with Gasteiger partial charge in [0.25, 0.3) is 5.91 Å². The molecule has 1 saturated heterocycles. The lowest BCUT2D eigenvalue weighted by atomic mass is 10.2. The third-order valence-electron chi connectivity index (χ3n) is 3.60. The minimum atomic E-state index is -3.11. The molecule has 1 fully saturated rings. The van der Waals surface area contributed by atoms with Crippen LogP contribution in [0.4, 0.5) is 4.39 Å². The highest BCUT2D eigenvalue weighted by atomic mass is 35.5. The summed E-state index contributed by atoms with van der Waals surface area (Å²) in [5.74, 6) is -1.96. The van der Waals surface area contributed by atoms with E-state index >= 15 is 0 Å². The maximum absolute atomic E-state index is 13.0. The first-order valence-electron chi connectivity index (χ1n) is 7.51. The van der Waals surface area contributed by atoms with Crippen LogP contribution in [0.15, 0.2) is 24.3 Å². The average Bonchev–Trinajstić information content (AvgIpc) is 2.87. The van der Waals surface area contributed by atoms with E-state index in [4.69, 9.17) is 16.3 Å². The van der Waals surface area contributed by atoms with Crippen molar-refractivity contribution in [3.05, 3.63) is 40.7 Å². The monoisotopic (exact) mass is 389 g/mol. The number of hydrogen-bond acceptors (Lipinski definition) is 5. The minimum absolute atomic E-state index is 0.0368. The Kier molecular flexibility index (Phi) is 6.18. The standard InChI is InChI=1S/C16H17ClFNO5S/c1-10(16(21)19-12-6-7-25(22,23)9-12)24-15(20)5-3-11-2-4-14(18)13(17)8-11/h2-5,8,10,12H,6-7,9H2,1H3,(H,19,21)/b5-3+/t10-,12+/m0/s1. The molecule has 2 rings (SSSR count). The molecule has 0 bridgehead atoms. The molecule has 1 amide bonds. The Morgan fingerprint density at radius 2 is 2.16 bits per heavy atom. The van der Waals surface area contributed by atoms with Gasteiger partial charge in [-0.15, -0.1) is 0 Å². The van der Waals surface area contributed by atoms with Crippen LogP contribution in [0.25, 0.3) is 6.08 Å². The van der Waals surface area contributed by atoms with Gasteiger partial charge in [0.15, 0.2) is 15.9 Å². The van der Waals surface area contributed by atoms with Crippen LogP contribution in [-0.2, 0) is 24.2 Å². The summed E-state index contributed by atoms with van der Waals surface area (Å²) in [6.45, 7) is 1.39. The van der Waals surface area contributed by atoms with E-state index in [1.165, 1.54) is 31.2 Å². The van der Waals surface area contributed by atoms with Gasteiger partial charge in [0, 0.05) is 12.1 Å². The van der Waals surface area contributed by atoms with Gasteiger partial charge in [-0.2, -0.15) is 0 Å². The van der Waals surface area contributed by atoms with Crippen LogP contribution in [0.2, 0.25) is 5.02 Å². The van der Waals surface area contributed by atoms with Crippen LogP contribution in [0, 0.1) is 5.82 Å². The lowest BCUT2D eigenvalue weighted by molar-refractivity contribution is -0.150. The predicted molar refractivity (Wildman–Crippen MR) is 91.2 cm³/mol. The summed E-state index contributed by atoms with van der Waals surface area (Å²) in [6.07, 6.45) is 1.74. The second-order valence-electron chi connectivity index (χ2n) is 5.69. The first-order chi connectivity index (χ1) is 11.7. The number of benzene rings is 1. The third-order valence-corrected chi connectivity index (χ3v) is 5.65. The molecule has 0 aliphatic carbocycles. The fourth-order valence-corrected chi connectivity index (χ4v) is 4.14. The zero-order chi connectivity index (χ0) is 18.6. The smallest absolute Gasteiger partial charge is 0.331 e. The third kappa shape index (κ3) is 5.82. The van der Waals surface area contributed by atoms with E-state index in [1.807, 2.05) is 0 Å². The van der Waals surface area contributed by atoms with Crippen LogP contribution in [0.1, 0.15) is 18.9 Å².